The van der Waals surface area contributed by atoms with Gasteiger partial charge in [0, 0.05) is 39.3 Å². The number of nitrogens with zero attached hydrogens (tertiary/aromatic N) is 1. The summed E-state index contributed by atoms with van der Waals surface area (Å²) in [5.74, 6) is 1.84. The van der Waals surface area contributed by atoms with E-state index < -0.39 is 0 Å². The average molecular weight is 351 g/mol. The summed E-state index contributed by atoms with van der Waals surface area (Å²) in [5.41, 5.74) is 0. The summed E-state index contributed by atoms with van der Waals surface area (Å²) < 4.78 is 16.5. The van der Waals surface area contributed by atoms with Crippen molar-refractivity contribution < 1.29 is 13.9 Å². The van der Waals surface area contributed by atoms with Crippen LogP contribution in [0.15, 0.2) is 27.8 Å². The Bertz CT molecular complexity index is 456. The SMILES string of the molecule is CCOCCCCNC(=NCC1CCCCO1)NCCc1ccco1. The maximum atomic E-state index is 5.77. The lowest BCUT2D eigenvalue weighted by Gasteiger charge is -2.21. The average Bonchev–Trinajstić information content (AvgIpc) is 3.16. The van der Waals surface area contributed by atoms with Gasteiger partial charge in [0.2, 0.25) is 0 Å². The van der Waals surface area contributed by atoms with Crippen molar-refractivity contribution in [3.05, 3.63) is 24.2 Å². The molecule has 2 N–H and O–H groups in total. The van der Waals surface area contributed by atoms with Crippen molar-refractivity contribution in [2.24, 2.45) is 4.99 Å². The number of hydrogen-bond donors (Lipinski definition) is 2. The third kappa shape index (κ3) is 8.93. The molecule has 6 heteroatoms. The van der Waals surface area contributed by atoms with Crippen LogP contribution in [-0.4, -0.2) is 51.5 Å². The standard InChI is InChI=1S/C19H33N3O3/c1-2-23-13-6-4-11-20-19(21-12-10-17-9-7-15-24-17)22-16-18-8-3-5-14-25-18/h7,9,15,18H,2-6,8,10-14,16H2,1H3,(H2,20,21,22). The highest BCUT2D eigenvalue weighted by Crippen LogP contribution is 2.12. The number of aliphatic imine (C=N–C) groups is 1. The smallest absolute Gasteiger partial charge is 0.191 e. The van der Waals surface area contributed by atoms with Crippen LogP contribution in [0.1, 0.15) is 44.8 Å². The second kappa shape index (κ2) is 12.8. The number of nitrogens with one attached hydrogen (secondary N) is 2. The summed E-state index contributed by atoms with van der Waals surface area (Å²) in [7, 11) is 0. The summed E-state index contributed by atoms with van der Waals surface area (Å²) in [6.07, 6.45) is 8.47. The zero-order chi connectivity index (χ0) is 17.6. The maximum absolute atomic E-state index is 5.77. The van der Waals surface area contributed by atoms with E-state index in [1.165, 1.54) is 12.8 Å². The van der Waals surface area contributed by atoms with Gasteiger partial charge in [-0.15, -0.1) is 0 Å². The Morgan fingerprint density at radius 3 is 2.96 bits per heavy atom. The lowest BCUT2D eigenvalue weighted by molar-refractivity contribution is 0.0224. The third-order valence-electron chi connectivity index (χ3n) is 4.18. The molecule has 0 saturated carbocycles. The first kappa shape index (κ1) is 19.8. The first-order valence-corrected chi connectivity index (χ1v) is 9.62. The predicted molar refractivity (Wildman–Crippen MR) is 100 cm³/mol. The van der Waals surface area contributed by atoms with E-state index in [4.69, 9.17) is 18.9 Å². The van der Waals surface area contributed by atoms with Gasteiger partial charge in [-0.3, -0.25) is 4.99 Å². The number of rotatable bonds is 11. The Labute approximate surface area is 151 Å². The van der Waals surface area contributed by atoms with Gasteiger partial charge in [0.05, 0.1) is 18.9 Å². The lowest BCUT2D eigenvalue weighted by Crippen LogP contribution is -2.39. The molecule has 1 saturated heterocycles. The second-order valence-electron chi connectivity index (χ2n) is 6.26. The first-order chi connectivity index (χ1) is 12.4. The van der Waals surface area contributed by atoms with E-state index in [-0.39, 0.29) is 6.10 Å². The van der Waals surface area contributed by atoms with Crippen LogP contribution >= 0.6 is 0 Å². The molecule has 0 aliphatic carbocycles. The van der Waals surface area contributed by atoms with Crippen LogP contribution < -0.4 is 10.6 Å². The minimum absolute atomic E-state index is 0.260. The Balaban J connectivity index is 1.70. The summed E-state index contributed by atoms with van der Waals surface area (Å²) in [5, 5.41) is 6.81. The molecule has 1 unspecified atom stereocenters. The van der Waals surface area contributed by atoms with E-state index in [0.29, 0.717) is 0 Å². The Morgan fingerprint density at radius 2 is 2.20 bits per heavy atom. The van der Waals surface area contributed by atoms with Gasteiger partial charge >= 0.3 is 0 Å². The molecule has 1 aromatic rings. The van der Waals surface area contributed by atoms with E-state index in [1.807, 2.05) is 19.1 Å². The van der Waals surface area contributed by atoms with Crippen molar-refractivity contribution in [2.45, 2.75) is 51.6 Å². The van der Waals surface area contributed by atoms with E-state index >= 15 is 0 Å². The summed E-state index contributed by atoms with van der Waals surface area (Å²) in [4.78, 5) is 4.71. The van der Waals surface area contributed by atoms with E-state index in [2.05, 4.69) is 10.6 Å². The van der Waals surface area contributed by atoms with Gasteiger partial charge in [-0.05, 0) is 51.2 Å². The fraction of sp³-hybridized carbons (Fsp3) is 0.737. The second-order valence-corrected chi connectivity index (χ2v) is 6.26. The van der Waals surface area contributed by atoms with Crippen molar-refractivity contribution in [1.82, 2.24) is 10.6 Å². The molecule has 0 bridgehead atoms. The van der Waals surface area contributed by atoms with Crippen molar-refractivity contribution in [3.63, 3.8) is 0 Å². The number of guanidine groups is 1. The lowest BCUT2D eigenvalue weighted by atomic mass is 10.1. The molecule has 1 aliphatic rings. The highest BCUT2D eigenvalue weighted by Gasteiger charge is 2.13. The molecular weight excluding hydrogens is 318 g/mol. The van der Waals surface area contributed by atoms with Crippen molar-refractivity contribution in [1.29, 1.82) is 0 Å². The van der Waals surface area contributed by atoms with E-state index in [1.54, 1.807) is 6.26 Å². The largest absolute Gasteiger partial charge is 0.469 e. The van der Waals surface area contributed by atoms with Crippen LogP contribution in [0.4, 0.5) is 0 Å². The predicted octanol–water partition coefficient (Wildman–Crippen LogP) is 2.74. The monoisotopic (exact) mass is 351 g/mol. The van der Waals surface area contributed by atoms with Gasteiger partial charge in [0.25, 0.3) is 0 Å². The molecule has 0 radical (unpaired) electrons. The fourth-order valence-corrected chi connectivity index (χ4v) is 2.76. The number of ether oxygens (including phenoxy) is 2. The summed E-state index contributed by atoms with van der Waals surface area (Å²) in [6, 6.07) is 3.91. The van der Waals surface area contributed by atoms with Crippen molar-refractivity contribution in [2.75, 3.05) is 39.5 Å². The molecule has 1 aromatic heterocycles. The Hall–Kier alpha value is -1.53. The fourth-order valence-electron chi connectivity index (χ4n) is 2.76. The number of furan rings is 1. The summed E-state index contributed by atoms with van der Waals surface area (Å²) in [6.45, 7) is 6.91. The molecule has 25 heavy (non-hydrogen) atoms. The highest BCUT2D eigenvalue weighted by molar-refractivity contribution is 5.79. The van der Waals surface area contributed by atoms with E-state index in [9.17, 15) is 0 Å². The zero-order valence-corrected chi connectivity index (χ0v) is 15.5. The molecule has 0 amide bonds. The molecule has 0 spiro atoms. The minimum Gasteiger partial charge on any atom is -0.469 e. The molecule has 1 atom stereocenters. The van der Waals surface area contributed by atoms with E-state index in [0.717, 1.165) is 76.9 Å². The van der Waals surface area contributed by atoms with Crippen LogP contribution in [0, 0.1) is 0 Å². The van der Waals surface area contributed by atoms with Gasteiger partial charge in [-0.25, -0.2) is 0 Å². The van der Waals surface area contributed by atoms with Crippen LogP contribution in [0.3, 0.4) is 0 Å². The zero-order valence-electron chi connectivity index (χ0n) is 15.5. The van der Waals surface area contributed by atoms with Crippen LogP contribution in [-0.2, 0) is 15.9 Å². The molecule has 6 nitrogen and oxygen atoms in total. The Kier molecular flexibility index (Phi) is 10.1. The molecule has 142 valence electrons. The Morgan fingerprint density at radius 1 is 1.28 bits per heavy atom. The molecule has 1 fully saturated rings. The number of unbranched alkanes of at least 4 members (excludes halogenated alkanes) is 1. The van der Waals surface area contributed by atoms with Crippen molar-refractivity contribution >= 4 is 5.96 Å². The van der Waals surface area contributed by atoms with Gasteiger partial charge in [-0.2, -0.15) is 0 Å². The molecule has 2 heterocycles. The minimum atomic E-state index is 0.260. The van der Waals surface area contributed by atoms with Crippen LogP contribution in [0.2, 0.25) is 0 Å². The quantitative estimate of drug-likeness (QED) is 0.364. The summed E-state index contributed by atoms with van der Waals surface area (Å²) >= 11 is 0. The van der Waals surface area contributed by atoms with Gasteiger partial charge in [0.15, 0.2) is 5.96 Å². The first-order valence-electron chi connectivity index (χ1n) is 9.62. The number of hydrogen-bond acceptors (Lipinski definition) is 4. The molecular formula is C19H33N3O3. The molecule has 2 rings (SSSR count). The maximum Gasteiger partial charge on any atom is 0.191 e. The van der Waals surface area contributed by atoms with Gasteiger partial charge < -0.3 is 24.5 Å². The van der Waals surface area contributed by atoms with Gasteiger partial charge in [-0.1, -0.05) is 0 Å². The highest BCUT2D eigenvalue weighted by atomic mass is 16.5. The van der Waals surface area contributed by atoms with Crippen LogP contribution in [0.5, 0.6) is 0 Å². The van der Waals surface area contributed by atoms with Gasteiger partial charge in [0.1, 0.15) is 5.76 Å². The topological polar surface area (TPSA) is 68.0 Å². The van der Waals surface area contributed by atoms with Crippen LogP contribution in [0.25, 0.3) is 0 Å². The molecule has 0 aromatic carbocycles. The molecule has 1 aliphatic heterocycles. The third-order valence-corrected chi connectivity index (χ3v) is 4.18. The van der Waals surface area contributed by atoms with Crippen molar-refractivity contribution in [3.8, 4) is 0 Å². The normalized spacial score (nSPS) is 18.3.